The van der Waals surface area contributed by atoms with Gasteiger partial charge in [0, 0.05) is 38.1 Å². The molecule has 3 N–H and O–H groups in total. The largest absolute Gasteiger partial charge is 0.472 e. The van der Waals surface area contributed by atoms with Gasteiger partial charge in [-0.3, -0.25) is 0 Å². The summed E-state index contributed by atoms with van der Waals surface area (Å²) in [4.78, 5) is 10.6. The Kier molecular flexibility index (Phi) is 6.35. The Labute approximate surface area is 131 Å². The standard InChI is InChI=1S/C15H26N4O3/c1-11(2)18-9-13(21)10-22-15-14(16-5-6-17-15)19-7-3-12(20)4-8-19/h5-6,11-13,18,20-21H,3-4,7-10H2,1-2H3. The predicted octanol–water partition coefficient (Wildman–Crippen LogP) is 0.175. The number of piperidine rings is 1. The summed E-state index contributed by atoms with van der Waals surface area (Å²) >= 11 is 0. The van der Waals surface area contributed by atoms with Gasteiger partial charge in [0.15, 0.2) is 5.82 Å². The van der Waals surface area contributed by atoms with E-state index < -0.39 is 6.10 Å². The Morgan fingerprint density at radius 2 is 2.00 bits per heavy atom. The maximum atomic E-state index is 9.91. The van der Waals surface area contributed by atoms with Gasteiger partial charge in [0.05, 0.1) is 6.10 Å². The first-order valence-corrected chi connectivity index (χ1v) is 7.84. The van der Waals surface area contributed by atoms with E-state index in [2.05, 4.69) is 20.2 Å². The van der Waals surface area contributed by atoms with Crippen molar-refractivity contribution in [1.82, 2.24) is 15.3 Å². The smallest absolute Gasteiger partial charge is 0.257 e. The second-order valence-corrected chi connectivity index (χ2v) is 5.93. The van der Waals surface area contributed by atoms with Crippen LogP contribution in [0.5, 0.6) is 5.88 Å². The molecule has 22 heavy (non-hydrogen) atoms. The van der Waals surface area contributed by atoms with Gasteiger partial charge in [0.25, 0.3) is 5.88 Å². The van der Waals surface area contributed by atoms with Gasteiger partial charge in [-0.25, -0.2) is 9.97 Å². The fourth-order valence-corrected chi connectivity index (χ4v) is 2.32. The molecule has 7 nitrogen and oxygen atoms in total. The normalized spacial score (nSPS) is 17.8. The van der Waals surface area contributed by atoms with Crippen LogP contribution in [0.3, 0.4) is 0 Å². The first kappa shape index (κ1) is 16.9. The van der Waals surface area contributed by atoms with Crippen molar-refractivity contribution in [3.63, 3.8) is 0 Å². The van der Waals surface area contributed by atoms with E-state index in [1.165, 1.54) is 0 Å². The van der Waals surface area contributed by atoms with Crippen molar-refractivity contribution in [2.24, 2.45) is 0 Å². The number of aromatic nitrogens is 2. The van der Waals surface area contributed by atoms with Crippen molar-refractivity contribution >= 4 is 5.82 Å². The molecule has 1 fully saturated rings. The van der Waals surface area contributed by atoms with Gasteiger partial charge in [0.2, 0.25) is 0 Å². The molecule has 0 spiro atoms. The van der Waals surface area contributed by atoms with E-state index >= 15 is 0 Å². The molecule has 1 aliphatic rings. The molecule has 0 saturated carbocycles. The van der Waals surface area contributed by atoms with Crippen LogP contribution < -0.4 is 15.0 Å². The van der Waals surface area contributed by atoms with Crippen LogP contribution in [0.25, 0.3) is 0 Å². The van der Waals surface area contributed by atoms with Gasteiger partial charge < -0.3 is 25.2 Å². The second-order valence-electron chi connectivity index (χ2n) is 5.93. The molecule has 1 aromatic heterocycles. The molecule has 2 rings (SSSR count). The third kappa shape index (κ3) is 5.08. The molecule has 1 unspecified atom stereocenters. The van der Waals surface area contributed by atoms with Crippen LogP contribution in [-0.4, -0.2) is 64.7 Å². The van der Waals surface area contributed by atoms with Gasteiger partial charge in [-0.05, 0) is 12.8 Å². The Balaban J connectivity index is 1.91. The van der Waals surface area contributed by atoms with Gasteiger partial charge in [-0.15, -0.1) is 0 Å². The van der Waals surface area contributed by atoms with E-state index in [4.69, 9.17) is 4.74 Å². The number of nitrogens with one attached hydrogen (secondary N) is 1. The van der Waals surface area contributed by atoms with Gasteiger partial charge >= 0.3 is 0 Å². The van der Waals surface area contributed by atoms with E-state index in [0.29, 0.717) is 24.3 Å². The predicted molar refractivity (Wildman–Crippen MR) is 84.1 cm³/mol. The van der Waals surface area contributed by atoms with Crippen LogP contribution in [0.15, 0.2) is 12.4 Å². The fraction of sp³-hybridized carbons (Fsp3) is 0.733. The van der Waals surface area contributed by atoms with Crippen molar-refractivity contribution in [3.8, 4) is 5.88 Å². The van der Waals surface area contributed by atoms with E-state index in [1.807, 2.05) is 13.8 Å². The summed E-state index contributed by atoms with van der Waals surface area (Å²) in [5, 5.41) is 22.7. The van der Waals surface area contributed by atoms with Crippen LogP contribution in [0.1, 0.15) is 26.7 Å². The van der Waals surface area contributed by atoms with E-state index in [9.17, 15) is 10.2 Å². The summed E-state index contributed by atoms with van der Waals surface area (Å²) in [5.74, 6) is 1.11. The molecule has 1 atom stereocenters. The maximum Gasteiger partial charge on any atom is 0.257 e. The number of rotatable bonds is 7. The van der Waals surface area contributed by atoms with E-state index in [1.54, 1.807) is 12.4 Å². The van der Waals surface area contributed by atoms with Crippen LogP contribution in [-0.2, 0) is 0 Å². The lowest BCUT2D eigenvalue weighted by atomic mass is 10.1. The minimum absolute atomic E-state index is 0.169. The van der Waals surface area contributed by atoms with E-state index in [0.717, 1.165) is 25.9 Å². The highest BCUT2D eigenvalue weighted by Crippen LogP contribution is 2.25. The lowest BCUT2D eigenvalue weighted by Crippen LogP contribution is -2.37. The zero-order valence-corrected chi connectivity index (χ0v) is 13.3. The third-order valence-electron chi connectivity index (χ3n) is 3.58. The minimum atomic E-state index is -0.597. The topological polar surface area (TPSA) is 90.7 Å². The van der Waals surface area contributed by atoms with Gasteiger partial charge in [0.1, 0.15) is 12.7 Å². The van der Waals surface area contributed by atoms with Crippen molar-refractivity contribution in [3.05, 3.63) is 12.4 Å². The lowest BCUT2D eigenvalue weighted by Gasteiger charge is -2.31. The van der Waals surface area contributed by atoms with Gasteiger partial charge in [-0.2, -0.15) is 0 Å². The number of hydrogen-bond acceptors (Lipinski definition) is 7. The molecular formula is C15H26N4O3. The molecular weight excluding hydrogens is 284 g/mol. The van der Waals surface area contributed by atoms with Crippen LogP contribution >= 0.6 is 0 Å². The average Bonchev–Trinajstić information content (AvgIpc) is 2.52. The Bertz CT molecular complexity index is 450. The van der Waals surface area contributed by atoms with Crippen molar-refractivity contribution in [1.29, 1.82) is 0 Å². The van der Waals surface area contributed by atoms with E-state index in [-0.39, 0.29) is 12.7 Å². The Morgan fingerprint density at radius 3 is 2.68 bits per heavy atom. The molecule has 1 aliphatic heterocycles. The summed E-state index contributed by atoms with van der Waals surface area (Å²) in [5.41, 5.74) is 0. The number of nitrogens with zero attached hydrogens (tertiary/aromatic N) is 3. The Morgan fingerprint density at radius 1 is 1.32 bits per heavy atom. The monoisotopic (exact) mass is 310 g/mol. The molecule has 1 saturated heterocycles. The molecule has 0 bridgehead atoms. The highest BCUT2D eigenvalue weighted by Gasteiger charge is 2.22. The van der Waals surface area contributed by atoms with Crippen LogP contribution in [0.4, 0.5) is 5.82 Å². The average molecular weight is 310 g/mol. The third-order valence-corrected chi connectivity index (χ3v) is 3.58. The maximum absolute atomic E-state index is 9.91. The Hall–Kier alpha value is -1.44. The highest BCUT2D eigenvalue weighted by molar-refractivity contribution is 5.48. The molecule has 0 radical (unpaired) electrons. The van der Waals surface area contributed by atoms with Crippen molar-refractivity contribution < 1.29 is 14.9 Å². The molecule has 0 aromatic carbocycles. The molecule has 2 heterocycles. The van der Waals surface area contributed by atoms with Crippen molar-refractivity contribution in [2.75, 3.05) is 31.1 Å². The SMILES string of the molecule is CC(C)NCC(O)COc1nccnc1N1CCC(O)CC1. The minimum Gasteiger partial charge on any atom is -0.472 e. The summed E-state index contributed by atoms with van der Waals surface area (Å²) in [6.07, 6.45) is 3.82. The molecule has 0 amide bonds. The van der Waals surface area contributed by atoms with Crippen LogP contribution in [0, 0.1) is 0 Å². The summed E-state index contributed by atoms with van der Waals surface area (Å²) < 4.78 is 5.64. The zero-order chi connectivity index (χ0) is 15.9. The summed E-state index contributed by atoms with van der Waals surface area (Å²) in [7, 11) is 0. The number of hydrogen-bond donors (Lipinski definition) is 3. The highest BCUT2D eigenvalue weighted by atomic mass is 16.5. The number of aliphatic hydroxyl groups is 2. The first-order chi connectivity index (χ1) is 10.6. The quantitative estimate of drug-likeness (QED) is 0.661. The number of ether oxygens (including phenoxy) is 1. The number of aliphatic hydroxyl groups excluding tert-OH is 2. The lowest BCUT2D eigenvalue weighted by molar-refractivity contribution is 0.102. The fourth-order valence-electron chi connectivity index (χ4n) is 2.32. The summed E-state index contributed by atoms with van der Waals surface area (Å²) in [6.45, 7) is 6.16. The number of anilines is 1. The second kappa shape index (κ2) is 8.26. The van der Waals surface area contributed by atoms with Crippen molar-refractivity contribution in [2.45, 2.75) is 44.9 Å². The summed E-state index contributed by atoms with van der Waals surface area (Å²) in [6, 6.07) is 0.321. The molecule has 1 aromatic rings. The molecule has 0 aliphatic carbocycles. The molecule has 7 heteroatoms. The molecule has 124 valence electrons. The van der Waals surface area contributed by atoms with Crippen LogP contribution in [0.2, 0.25) is 0 Å². The zero-order valence-electron chi connectivity index (χ0n) is 13.3. The van der Waals surface area contributed by atoms with Gasteiger partial charge in [-0.1, -0.05) is 13.8 Å². The first-order valence-electron chi connectivity index (χ1n) is 7.84.